The van der Waals surface area contributed by atoms with Gasteiger partial charge in [0.15, 0.2) is 0 Å². The lowest BCUT2D eigenvalue weighted by Gasteiger charge is -2.17. The van der Waals surface area contributed by atoms with E-state index in [4.69, 9.17) is 9.47 Å². The molecule has 0 radical (unpaired) electrons. The zero-order chi connectivity index (χ0) is 30.1. The molecule has 6 aromatic rings. The van der Waals surface area contributed by atoms with Crippen LogP contribution in [-0.2, 0) is 12.8 Å². The predicted molar refractivity (Wildman–Crippen MR) is 175 cm³/mol. The maximum absolute atomic E-state index is 12.3. The first-order valence-electron chi connectivity index (χ1n) is 14.4. The third-order valence-electron chi connectivity index (χ3n) is 7.55. The van der Waals surface area contributed by atoms with Crippen molar-refractivity contribution < 1.29 is 9.47 Å². The number of H-pyrrole nitrogens is 2. The van der Waals surface area contributed by atoms with Gasteiger partial charge in [-0.2, -0.15) is 0 Å². The number of nitrogens with one attached hydrogen (secondary N) is 2. The standard InChI is InChI=1S/C16H14N2O2S.C15H12N2O2S.C2H6/c1-9-11-3-2-8-20-13-12(11)15(16(19)18-9)21-14(13)10-4-6-17-7-5-10;1-8-10-4-7-19-12-11(10)14(15(18)17-8)20-13(12)9-2-5-16-6-3-9;1-2/h4-7H,2-3,8H2,1H3,(H,18,19);2-3,5-6H,4,7H2,1H3,(H,17,18);1-2H3. The molecule has 0 unspecified atom stereocenters. The molecule has 0 amide bonds. The quantitative estimate of drug-likeness (QED) is 0.214. The monoisotopic (exact) mass is 612 g/mol. The van der Waals surface area contributed by atoms with Gasteiger partial charge in [0.25, 0.3) is 11.1 Å². The summed E-state index contributed by atoms with van der Waals surface area (Å²) in [6, 6.07) is 7.80. The number of pyridine rings is 4. The zero-order valence-corrected chi connectivity index (χ0v) is 26.1. The Morgan fingerprint density at radius 1 is 0.674 bits per heavy atom. The van der Waals surface area contributed by atoms with Crippen molar-refractivity contribution >= 4 is 42.8 Å². The van der Waals surface area contributed by atoms with E-state index in [0.29, 0.717) is 13.2 Å². The summed E-state index contributed by atoms with van der Waals surface area (Å²) in [4.78, 5) is 40.5. The second kappa shape index (κ2) is 12.1. The fourth-order valence-electron chi connectivity index (χ4n) is 5.65. The summed E-state index contributed by atoms with van der Waals surface area (Å²) < 4.78 is 13.4. The Labute approximate surface area is 256 Å². The summed E-state index contributed by atoms with van der Waals surface area (Å²) >= 11 is 3.00. The number of aromatic nitrogens is 4. The molecule has 220 valence electrons. The van der Waals surface area contributed by atoms with Gasteiger partial charge in [0.1, 0.15) is 20.9 Å². The minimum Gasteiger partial charge on any atom is -0.491 e. The van der Waals surface area contributed by atoms with Crippen molar-refractivity contribution in [3.05, 3.63) is 92.3 Å². The van der Waals surface area contributed by atoms with Crippen LogP contribution in [0, 0.1) is 13.8 Å². The third kappa shape index (κ3) is 5.14. The van der Waals surface area contributed by atoms with Gasteiger partial charge in [0.05, 0.1) is 23.0 Å². The van der Waals surface area contributed by atoms with Crippen LogP contribution in [-0.4, -0.2) is 33.1 Å². The Morgan fingerprint density at radius 2 is 1.12 bits per heavy atom. The van der Waals surface area contributed by atoms with Crippen molar-refractivity contribution in [1.82, 2.24) is 19.9 Å². The van der Waals surface area contributed by atoms with Crippen LogP contribution in [0.3, 0.4) is 0 Å². The lowest BCUT2D eigenvalue weighted by Crippen LogP contribution is -2.15. The summed E-state index contributed by atoms with van der Waals surface area (Å²) in [5, 5.41) is 2.00. The van der Waals surface area contributed by atoms with E-state index in [1.165, 1.54) is 33.8 Å². The minimum absolute atomic E-state index is 0.0247. The molecule has 8 rings (SSSR count). The lowest BCUT2D eigenvalue weighted by atomic mass is 10.0. The smallest absolute Gasteiger partial charge is 0.266 e. The number of hydrogen-bond donors (Lipinski definition) is 2. The van der Waals surface area contributed by atoms with Crippen LogP contribution >= 0.6 is 22.7 Å². The molecule has 43 heavy (non-hydrogen) atoms. The minimum atomic E-state index is -0.0293. The van der Waals surface area contributed by atoms with E-state index in [9.17, 15) is 9.59 Å². The second-order valence-corrected chi connectivity index (χ2v) is 12.1. The summed E-state index contributed by atoms with van der Waals surface area (Å²) in [6.07, 6.45) is 9.80. The third-order valence-corrected chi connectivity index (χ3v) is 9.99. The number of ether oxygens (including phenoxy) is 2. The number of aryl methyl sites for hydroxylation is 3. The van der Waals surface area contributed by atoms with E-state index in [1.807, 2.05) is 52.0 Å². The predicted octanol–water partition coefficient (Wildman–Crippen LogP) is 7.21. The Bertz CT molecular complexity index is 2040. The molecule has 0 aliphatic carbocycles. The molecule has 0 saturated carbocycles. The molecule has 0 fully saturated rings. The number of aromatic amines is 2. The second-order valence-electron chi connectivity index (χ2n) is 10.1. The van der Waals surface area contributed by atoms with Gasteiger partial charge in [0.2, 0.25) is 0 Å². The molecule has 0 aromatic carbocycles. The SMILES string of the molecule is CC.Cc1[nH]c(=O)c2sc(-c3ccncc3)c3c2c1CCCO3.Cc1[nH]c(=O)c2sc(-c3ccncc3)c3c2c1CCO3. The summed E-state index contributed by atoms with van der Waals surface area (Å²) in [6.45, 7) is 9.26. The first kappa shape index (κ1) is 28.8. The highest BCUT2D eigenvalue weighted by molar-refractivity contribution is 7.23. The van der Waals surface area contributed by atoms with Crippen molar-refractivity contribution in [2.75, 3.05) is 13.2 Å². The zero-order valence-electron chi connectivity index (χ0n) is 24.5. The van der Waals surface area contributed by atoms with Gasteiger partial charge in [-0.15, -0.1) is 22.7 Å². The van der Waals surface area contributed by atoms with Crippen LogP contribution in [0.4, 0.5) is 0 Å². The highest BCUT2D eigenvalue weighted by Gasteiger charge is 2.25. The Kier molecular flexibility index (Phi) is 8.14. The summed E-state index contributed by atoms with van der Waals surface area (Å²) in [5.41, 5.74) is 6.37. The first-order valence-corrected chi connectivity index (χ1v) is 16.1. The average Bonchev–Trinajstić information content (AvgIpc) is 3.55. The molecule has 8 nitrogen and oxygen atoms in total. The van der Waals surface area contributed by atoms with E-state index in [-0.39, 0.29) is 11.1 Å². The van der Waals surface area contributed by atoms with Crippen LogP contribution in [0.15, 0.2) is 58.6 Å². The molecule has 2 aliphatic heterocycles. The lowest BCUT2D eigenvalue weighted by molar-refractivity contribution is 0.320. The Morgan fingerprint density at radius 3 is 1.60 bits per heavy atom. The number of nitrogens with zero attached hydrogens (tertiary/aromatic N) is 2. The van der Waals surface area contributed by atoms with Gasteiger partial charge >= 0.3 is 0 Å². The van der Waals surface area contributed by atoms with Crippen molar-refractivity contribution in [1.29, 1.82) is 0 Å². The molecular weight excluding hydrogens is 581 g/mol. The number of rotatable bonds is 2. The molecule has 0 saturated heterocycles. The van der Waals surface area contributed by atoms with Gasteiger partial charge < -0.3 is 19.4 Å². The normalized spacial score (nSPS) is 13.2. The fourth-order valence-corrected chi connectivity index (χ4v) is 7.99. The maximum Gasteiger partial charge on any atom is 0.266 e. The first-order chi connectivity index (χ1) is 21.0. The molecule has 10 heteroatoms. The van der Waals surface area contributed by atoms with Crippen LogP contribution in [0.5, 0.6) is 11.5 Å². The average molecular weight is 613 g/mol. The van der Waals surface area contributed by atoms with Crippen LogP contribution in [0.25, 0.3) is 41.1 Å². The summed E-state index contributed by atoms with van der Waals surface area (Å²) in [5.74, 6) is 1.72. The van der Waals surface area contributed by atoms with Gasteiger partial charge in [0, 0.05) is 53.4 Å². The molecular formula is C33H32N4O4S2. The van der Waals surface area contributed by atoms with Crippen LogP contribution in [0.1, 0.15) is 42.8 Å². The van der Waals surface area contributed by atoms with Gasteiger partial charge in [-0.25, -0.2) is 0 Å². The van der Waals surface area contributed by atoms with Crippen LogP contribution < -0.4 is 20.6 Å². The van der Waals surface area contributed by atoms with Crippen molar-refractivity contribution in [3.63, 3.8) is 0 Å². The van der Waals surface area contributed by atoms with Crippen molar-refractivity contribution in [2.24, 2.45) is 0 Å². The van der Waals surface area contributed by atoms with Gasteiger partial charge in [-0.1, -0.05) is 13.8 Å². The molecule has 0 bridgehead atoms. The van der Waals surface area contributed by atoms with E-state index >= 15 is 0 Å². The summed E-state index contributed by atoms with van der Waals surface area (Å²) in [7, 11) is 0. The van der Waals surface area contributed by atoms with E-state index in [0.717, 1.165) is 83.2 Å². The van der Waals surface area contributed by atoms with E-state index in [2.05, 4.69) is 19.9 Å². The maximum atomic E-state index is 12.3. The highest BCUT2D eigenvalue weighted by atomic mass is 32.1. The van der Waals surface area contributed by atoms with Gasteiger partial charge in [-0.05, 0) is 73.2 Å². The Hall–Kier alpha value is -4.28. The van der Waals surface area contributed by atoms with Crippen molar-refractivity contribution in [2.45, 2.75) is 47.0 Å². The largest absolute Gasteiger partial charge is 0.491 e. The van der Waals surface area contributed by atoms with Gasteiger partial charge in [-0.3, -0.25) is 19.6 Å². The molecule has 8 heterocycles. The topological polar surface area (TPSA) is 110 Å². The number of hydrogen-bond acceptors (Lipinski definition) is 8. The van der Waals surface area contributed by atoms with E-state index < -0.39 is 0 Å². The molecule has 0 atom stereocenters. The molecule has 0 spiro atoms. The van der Waals surface area contributed by atoms with E-state index in [1.54, 1.807) is 24.8 Å². The highest BCUT2D eigenvalue weighted by Crippen LogP contribution is 2.47. The Balaban J connectivity index is 0.000000145. The fraction of sp³-hybridized carbons (Fsp3) is 0.273. The van der Waals surface area contributed by atoms with Crippen LogP contribution in [0.2, 0.25) is 0 Å². The molecule has 2 N–H and O–H groups in total. The van der Waals surface area contributed by atoms with Crippen molar-refractivity contribution in [3.8, 4) is 32.4 Å². The molecule has 2 aliphatic rings. The molecule has 6 aromatic heterocycles. The number of thiophene rings is 2.